The van der Waals surface area contributed by atoms with E-state index in [1.165, 1.54) is 4.57 Å². The molecule has 0 aromatic carbocycles. The van der Waals surface area contributed by atoms with E-state index in [1.54, 1.807) is 36.8 Å². The van der Waals surface area contributed by atoms with Crippen LogP contribution in [0.15, 0.2) is 24.4 Å². The van der Waals surface area contributed by atoms with Crippen LogP contribution in [0.3, 0.4) is 0 Å². The quantitative estimate of drug-likeness (QED) is 0.458. The Morgan fingerprint density at radius 1 is 1.15 bits per heavy atom. The van der Waals surface area contributed by atoms with Gasteiger partial charge in [0.2, 0.25) is 5.95 Å². The minimum absolute atomic E-state index is 0.311. The van der Waals surface area contributed by atoms with E-state index in [2.05, 4.69) is 30.7 Å². The molecule has 4 aromatic heterocycles. The molecule has 33 heavy (non-hydrogen) atoms. The average Bonchev–Trinajstić information content (AvgIpc) is 3.42. The number of halogens is 3. The second-order valence-corrected chi connectivity index (χ2v) is 8.24. The Labute approximate surface area is 187 Å². The van der Waals surface area contributed by atoms with Crippen LogP contribution >= 0.6 is 0 Å². The first kappa shape index (κ1) is 21.4. The van der Waals surface area contributed by atoms with Gasteiger partial charge in [-0.05, 0) is 32.2 Å². The third-order valence-electron chi connectivity index (χ3n) is 5.87. The fourth-order valence-electron chi connectivity index (χ4n) is 4.34. The summed E-state index contributed by atoms with van der Waals surface area (Å²) in [5.41, 5.74) is 2.95. The maximum absolute atomic E-state index is 14.2. The van der Waals surface area contributed by atoms with E-state index in [4.69, 9.17) is 0 Å². The summed E-state index contributed by atoms with van der Waals surface area (Å²) in [6, 6.07) is 5.01. The number of nitrogens with one attached hydrogen (secondary N) is 2. The van der Waals surface area contributed by atoms with Crippen molar-refractivity contribution >= 4 is 28.4 Å². The third-order valence-corrected chi connectivity index (χ3v) is 5.87. The number of fused-ring (bicyclic) bond motifs is 2. The number of likely N-dealkylation sites (N-methyl/N-ethyl adjacent to an activating group) is 1. The molecule has 0 saturated carbocycles. The van der Waals surface area contributed by atoms with Crippen LogP contribution in [0.5, 0.6) is 0 Å². The van der Waals surface area contributed by atoms with E-state index in [0.29, 0.717) is 53.1 Å². The predicted molar refractivity (Wildman–Crippen MR) is 120 cm³/mol. The zero-order valence-electron chi connectivity index (χ0n) is 18.4. The Bertz CT molecular complexity index is 1320. The zero-order valence-corrected chi connectivity index (χ0v) is 18.4. The molecule has 1 saturated heterocycles. The largest absolute Gasteiger partial charge is 0.371 e. The highest BCUT2D eigenvalue weighted by atomic mass is 19.3. The highest BCUT2D eigenvalue weighted by Gasteiger charge is 2.31. The molecule has 2 N–H and O–H groups in total. The molecule has 5 rings (SSSR count). The number of hydrogen-bond donors (Lipinski definition) is 2. The topological polar surface area (TPSA) is 88.2 Å². The smallest absolute Gasteiger partial charge is 0.256 e. The number of imidazole rings is 1. The van der Waals surface area contributed by atoms with Crippen molar-refractivity contribution in [1.29, 1.82) is 0 Å². The van der Waals surface area contributed by atoms with Crippen LogP contribution in [0.25, 0.3) is 27.9 Å². The lowest BCUT2D eigenvalue weighted by atomic mass is 10.2. The Morgan fingerprint density at radius 2 is 1.97 bits per heavy atom. The van der Waals surface area contributed by atoms with Crippen molar-refractivity contribution in [3.63, 3.8) is 0 Å². The van der Waals surface area contributed by atoms with Crippen LogP contribution in [-0.4, -0.2) is 79.9 Å². The van der Waals surface area contributed by atoms with Gasteiger partial charge in [-0.25, -0.2) is 27.7 Å². The van der Waals surface area contributed by atoms with Gasteiger partial charge in [0.15, 0.2) is 11.5 Å². The molecule has 0 radical (unpaired) electrons. The lowest BCUT2D eigenvalue weighted by molar-refractivity contribution is 0.127. The first-order valence-electron chi connectivity index (χ1n) is 10.6. The third kappa shape index (κ3) is 3.84. The molecule has 0 aliphatic carbocycles. The van der Waals surface area contributed by atoms with E-state index in [-0.39, 0.29) is 0 Å². The van der Waals surface area contributed by atoms with E-state index >= 15 is 0 Å². The molecular weight excluding hydrogens is 435 g/mol. The maximum atomic E-state index is 14.2. The lowest BCUT2D eigenvalue weighted by Crippen LogP contribution is -2.30. The molecule has 1 fully saturated rings. The van der Waals surface area contributed by atoms with Gasteiger partial charge in [0, 0.05) is 31.9 Å². The van der Waals surface area contributed by atoms with E-state index in [0.717, 1.165) is 5.56 Å². The summed E-state index contributed by atoms with van der Waals surface area (Å²) < 4.78 is 43.5. The minimum atomic E-state index is -2.51. The van der Waals surface area contributed by atoms with Gasteiger partial charge in [-0.15, -0.1) is 5.10 Å². The molecule has 0 amide bonds. The van der Waals surface area contributed by atoms with Crippen LogP contribution in [0.1, 0.15) is 5.82 Å². The van der Waals surface area contributed by atoms with E-state index in [1.807, 2.05) is 18.0 Å². The molecule has 1 aliphatic rings. The van der Waals surface area contributed by atoms with Crippen molar-refractivity contribution in [1.82, 2.24) is 34.0 Å². The van der Waals surface area contributed by atoms with E-state index < -0.39 is 25.2 Å². The normalized spacial score (nSPS) is 19.2. The van der Waals surface area contributed by atoms with Crippen LogP contribution < -0.4 is 10.6 Å². The van der Waals surface area contributed by atoms with Crippen molar-refractivity contribution in [3.8, 4) is 11.3 Å². The van der Waals surface area contributed by atoms with Crippen LogP contribution in [0, 0.1) is 6.92 Å². The number of pyridine rings is 1. The number of anilines is 2. The molecule has 2 atom stereocenters. The number of alkyl halides is 3. The van der Waals surface area contributed by atoms with Gasteiger partial charge in [-0.3, -0.25) is 0 Å². The molecule has 0 bridgehead atoms. The van der Waals surface area contributed by atoms with Gasteiger partial charge in [-0.2, -0.15) is 4.98 Å². The Kier molecular flexibility index (Phi) is 5.31. The molecule has 2 unspecified atom stereocenters. The fraction of sp³-hybridized carbons (Fsp3) is 0.429. The summed E-state index contributed by atoms with van der Waals surface area (Å²) in [5.74, 6) is 1.33. The second kappa shape index (κ2) is 8.18. The van der Waals surface area contributed by atoms with Gasteiger partial charge in [0.25, 0.3) is 6.43 Å². The summed E-state index contributed by atoms with van der Waals surface area (Å²) in [5, 5.41) is 10.7. The van der Waals surface area contributed by atoms with Crippen molar-refractivity contribution in [3.05, 3.63) is 30.2 Å². The van der Waals surface area contributed by atoms with Gasteiger partial charge in [0.05, 0.1) is 18.3 Å². The van der Waals surface area contributed by atoms with Crippen molar-refractivity contribution in [2.24, 2.45) is 0 Å². The molecule has 0 spiro atoms. The number of aryl methyl sites for hydroxylation is 1. The fourth-order valence-corrected chi connectivity index (χ4v) is 4.34. The molecule has 12 heteroatoms. The molecule has 5 heterocycles. The van der Waals surface area contributed by atoms with Crippen molar-refractivity contribution in [2.45, 2.75) is 32.1 Å². The molecule has 4 aromatic rings. The summed E-state index contributed by atoms with van der Waals surface area (Å²) in [7, 11) is 3.61. The van der Waals surface area contributed by atoms with Crippen LogP contribution in [-0.2, 0) is 6.54 Å². The van der Waals surface area contributed by atoms with Crippen molar-refractivity contribution < 1.29 is 13.2 Å². The van der Waals surface area contributed by atoms with Crippen molar-refractivity contribution in [2.75, 3.05) is 37.8 Å². The minimum Gasteiger partial charge on any atom is -0.371 e. The average molecular weight is 459 g/mol. The monoisotopic (exact) mass is 459 g/mol. The summed E-state index contributed by atoms with van der Waals surface area (Å²) >= 11 is 0. The number of likely N-dealkylation sites (tertiary alicyclic amines) is 1. The van der Waals surface area contributed by atoms with Gasteiger partial charge in [-0.1, -0.05) is 0 Å². The Balaban J connectivity index is 1.56. The van der Waals surface area contributed by atoms with Gasteiger partial charge >= 0.3 is 0 Å². The molecule has 174 valence electrons. The second-order valence-electron chi connectivity index (χ2n) is 8.24. The van der Waals surface area contributed by atoms with Crippen LogP contribution in [0.2, 0.25) is 0 Å². The van der Waals surface area contributed by atoms with Gasteiger partial charge in [0.1, 0.15) is 23.0 Å². The number of hydrogen-bond acceptors (Lipinski definition) is 7. The first-order valence-corrected chi connectivity index (χ1v) is 10.6. The molecule has 1 aliphatic heterocycles. The van der Waals surface area contributed by atoms with Gasteiger partial charge < -0.3 is 20.1 Å². The summed E-state index contributed by atoms with van der Waals surface area (Å²) in [6.45, 7) is 2.14. The summed E-state index contributed by atoms with van der Waals surface area (Å²) in [4.78, 5) is 15.4. The molecule has 9 nitrogen and oxygen atoms in total. The first-order chi connectivity index (χ1) is 15.8. The van der Waals surface area contributed by atoms with Crippen LogP contribution in [0.4, 0.5) is 24.9 Å². The number of aromatic nitrogens is 6. The predicted octanol–water partition coefficient (Wildman–Crippen LogP) is 2.82. The Morgan fingerprint density at radius 3 is 2.67 bits per heavy atom. The SMILES string of the molecule is CNc1nc(NC2CN(C)CC2F)nn2ccc(-c3ccc4nc(C)n(CC(F)F)c4n3)c12. The highest BCUT2D eigenvalue weighted by molar-refractivity contribution is 5.89. The standard InChI is InChI=1S/C21H24F3N9/c1-11-26-15-5-4-14(27-20(15)32(11)10-17(23)24)12-6-7-33-18(12)19(25-2)29-21(30-33)28-16-9-31(3)8-13(16)22/h4-7,13,16-17H,8-10H2,1-3H3,(H2,25,28,29,30). The maximum Gasteiger partial charge on any atom is 0.256 e. The summed E-state index contributed by atoms with van der Waals surface area (Å²) in [6.07, 6.45) is -1.76. The number of rotatable bonds is 6. The van der Waals surface area contributed by atoms with E-state index in [9.17, 15) is 13.2 Å². The zero-order chi connectivity index (χ0) is 23.3. The number of nitrogens with zero attached hydrogens (tertiary/aromatic N) is 7. The lowest BCUT2D eigenvalue weighted by Gasteiger charge is -2.15. The highest BCUT2D eigenvalue weighted by Crippen LogP contribution is 2.31. The molecular formula is C21H24F3N9. The Hall–Kier alpha value is -3.41.